The molecule has 2 unspecified atom stereocenters. The molecule has 0 bridgehead atoms. The van der Waals surface area contributed by atoms with Crippen molar-refractivity contribution in [3.05, 3.63) is 206 Å². The molecule has 2 atom stereocenters. The van der Waals surface area contributed by atoms with Crippen LogP contribution in [0.4, 0.5) is 11.4 Å². The highest BCUT2D eigenvalue weighted by molar-refractivity contribution is 6.16. The van der Waals surface area contributed by atoms with Gasteiger partial charge in [-0.05, 0) is 64.7 Å². The van der Waals surface area contributed by atoms with Crippen molar-refractivity contribution in [3.8, 4) is 45.0 Å². The summed E-state index contributed by atoms with van der Waals surface area (Å²) in [4.78, 5) is 18.1. The standard InChI is InChI=1S/C51H34N4O/c1-5-16-33(17-6-1)37-30-42(34-18-7-2-8-19-34)48-43(31-37)47-41(25-15-27-46(47)56-48)51-53-49(35-20-9-3-10-21-35)52-50(54-51)36-28-29-40-39-24-13-14-26-44(39)55(45(40)32-36)38-22-11-4-12-23-38/h1-32,40,45H. The van der Waals surface area contributed by atoms with Crippen molar-refractivity contribution in [2.24, 2.45) is 0 Å². The maximum atomic E-state index is 6.79. The minimum absolute atomic E-state index is 0.0595. The zero-order chi connectivity index (χ0) is 37.0. The Morgan fingerprint density at radius 2 is 1.14 bits per heavy atom. The lowest BCUT2D eigenvalue weighted by Gasteiger charge is -2.29. The zero-order valence-electron chi connectivity index (χ0n) is 30.3. The Morgan fingerprint density at radius 1 is 0.500 bits per heavy atom. The predicted octanol–water partition coefficient (Wildman–Crippen LogP) is 12.7. The van der Waals surface area contributed by atoms with Crippen molar-refractivity contribution in [2.45, 2.75) is 12.0 Å². The summed E-state index contributed by atoms with van der Waals surface area (Å²) in [7, 11) is 0. The van der Waals surface area contributed by atoms with E-state index in [4.69, 9.17) is 19.4 Å². The number of nitrogens with zero attached hydrogens (tertiary/aromatic N) is 4. The van der Waals surface area contributed by atoms with Crippen LogP contribution < -0.4 is 4.90 Å². The molecule has 1 aliphatic heterocycles. The van der Waals surface area contributed by atoms with Crippen molar-refractivity contribution in [1.29, 1.82) is 0 Å². The van der Waals surface area contributed by atoms with Crippen LogP contribution in [0.3, 0.4) is 0 Å². The van der Waals surface area contributed by atoms with Crippen LogP contribution in [0.2, 0.25) is 0 Å². The molecule has 3 heterocycles. The SMILES string of the molecule is C1=CC2c3ccccc3N(c3ccccc3)C2C=C1c1nc(-c2ccccc2)nc(-c2cccc3oc4c(-c5ccccc5)cc(-c5ccccc5)cc4c23)n1. The van der Waals surface area contributed by atoms with Crippen molar-refractivity contribution in [1.82, 2.24) is 15.0 Å². The first-order chi connectivity index (χ1) is 27.8. The highest BCUT2D eigenvalue weighted by atomic mass is 16.3. The van der Waals surface area contributed by atoms with Crippen molar-refractivity contribution < 1.29 is 4.42 Å². The van der Waals surface area contributed by atoms with E-state index in [0.29, 0.717) is 17.5 Å². The number of anilines is 2. The summed E-state index contributed by atoms with van der Waals surface area (Å²) < 4.78 is 6.79. The molecule has 0 saturated heterocycles. The van der Waals surface area contributed by atoms with E-state index in [1.807, 2.05) is 36.4 Å². The second-order valence-electron chi connectivity index (χ2n) is 14.3. The normalized spacial score (nSPS) is 15.9. The summed E-state index contributed by atoms with van der Waals surface area (Å²) in [6, 6.07) is 61.2. The Bertz CT molecular complexity index is 2970. The number of para-hydroxylation sites is 2. The number of furan rings is 1. The molecular weight excluding hydrogens is 685 g/mol. The lowest BCUT2D eigenvalue weighted by atomic mass is 9.88. The summed E-state index contributed by atoms with van der Waals surface area (Å²) in [6.07, 6.45) is 6.83. The molecule has 264 valence electrons. The molecule has 1 aliphatic carbocycles. The third-order valence-electron chi connectivity index (χ3n) is 11.0. The van der Waals surface area contributed by atoms with Gasteiger partial charge in [-0.15, -0.1) is 0 Å². The van der Waals surface area contributed by atoms with E-state index < -0.39 is 0 Å². The fraction of sp³-hybridized carbons (Fsp3) is 0.0392. The van der Waals surface area contributed by atoms with Crippen molar-refractivity contribution in [2.75, 3.05) is 4.90 Å². The van der Waals surface area contributed by atoms with Crippen LogP contribution in [-0.4, -0.2) is 21.0 Å². The summed E-state index contributed by atoms with van der Waals surface area (Å²) in [6.45, 7) is 0. The number of benzene rings is 7. The second kappa shape index (κ2) is 13.2. The van der Waals surface area contributed by atoms with E-state index in [2.05, 4.69) is 163 Å². The quantitative estimate of drug-likeness (QED) is 0.171. The van der Waals surface area contributed by atoms with E-state index in [0.717, 1.165) is 66.6 Å². The summed E-state index contributed by atoms with van der Waals surface area (Å²) in [5, 5.41) is 1.99. The van der Waals surface area contributed by atoms with Crippen LogP contribution in [0.1, 0.15) is 17.3 Å². The molecule has 0 radical (unpaired) electrons. The summed E-state index contributed by atoms with van der Waals surface area (Å²) in [5.74, 6) is 2.05. The van der Waals surface area contributed by atoms with Gasteiger partial charge in [0.15, 0.2) is 17.5 Å². The summed E-state index contributed by atoms with van der Waals surface area (Å²) >= 11 is 0. The number of fused-ring (bicyclic) bond motifs is 6. The van der Waals surface area contributed by atoms with Gasteiger partial charge < -0.3 is 9.32 Å². The van der Waals surface area contributed by atoms with Gasteiger partial charge >= 0.3 is 0 Å². The molecule has 0 amide bonds. The number of hydrogen-bond acceptors (Lipinski definition) is 5. The molecule has 2 aromatic heterocycles. The number of allylic oxidation sites excluding steroid dienone is 2. The number of rotatable bonds is 6. The first-order valence-corrected chi connectivity index (χ1v) is 19.0. The molecule has 0 N–H and O–H groups in total. The molecular formula is C51H34N4O. The third kappa shape index (κ3) is 5.36. The van der Waals surface area contributed by atoms with Crippen molar-refractivity contribution >= 4 is 38.9 Å². The monoisotopic (exact) mass is 718 g/mol. The Morgan fingerprint density at radius 3 is 1.91 bits per heavy atom. The highest BCUT2D eigenvalue weighted by Gasteiger charge is 2.38. The van der Waals surface area contributed by atoms with Crippen LogP contribution in [0.25, 0.3) is 72.5 Å². The van der Waals surface area contributed by atoms with Gasteiger partial charge in [0.2, 0.25) is 0 Å². The maximum absolute atomic E-state index is 6.79. The van der Waals surface area contributed by atoms with Gasteiger partial charge in [0.1, 0.15) is 11.2 Å². The van der Waals surface area contributed by atoms with Crippen LogP contribution in [-0.2, 0) is 0 Å². The average Bonchev–Trinajstić information content (AvgIpc) is 3.83. The smallest absolute Gasteiger partial charge is 0.164 e. The second-order valence-corrected chi connectivity index (χ2v) is 14.3. The minimum Gasteiger partial charge on any atom is -0.455 e. The van der Waals surface area contributed by atoms with Gasteiger partial charge in [0, 0.05) is 50.3 Å². The number of hydrogen-bond donors (Lipinski definition) is 0. The lowest BCUT2D eigenvalue weighted by molar-refractivity contribution is 0.670. The van der Waals surface area contributed by atoms with E-state index in [-0.39, 0.29) is 12.0 Å². The lowest BCUT2D eigenvalue weighted by Crippen LogP contribution is -2.29. The van der Waals surface area contributed by atoms with Crippen LogP contribution in [0.5, 0.6) is 0 Å². The molecule has 0 spiro atoms. The Labute approximate surface area is 324 Å². The van der Waals surface area contributed by atoms with Crippen molar-refractivity contribution in [3.63, 3.8) is 0 Å². The van der Waals surface area contributed by atoms with Gasteiger partial charge in [0.25, 0.3) is 0 Å². The van der Waals surface area contributed by atoms with E-state index in [1.54, 1.807) is 0 Å². The van der Waals surface area contributed by atoms with Gasteiger partial charge in [0.05, 0.1) is 6.04 Å². The van der Waals surface area contributed by atoms with Gasteiger partial charge in [-0.25, -0.2) is 15.0 Å². The first kappa shape index (κ1) is 32.1. The zero-order valence-corrected chi connectivity index (χ0v) is 30.3. The minimum atomic E-state index is 0.0595. The fourth-order valence-electron chi connectivity index (χ4n) is 8.47. The van der Waals surface area contributed by atoms with E-state index in [1.165, 1.54) is 11.3 Å². The first-order valence-electron chi connectivity index (χ1n) is 19.0. The van der Waals surface area contributed by atoms with Crippen LogP contribution >= 0.6 is 0 Å². The van der Waals surface area contributed by atoms with Gasteiger partial charge in [-0.2, -0.15) is 0 Å². The van der Waals surface area contributed by atoms with Crippen LogP contribution in [0, 0.1) is 0 Å². The molecule has 11 rings (SSSR count). The van der Waals surface area contributed by atoms with E-state index in [9.17, 15) is 0 Å². The third-order valence-corrected chi connectivity index (χ3v) is 11.0. The number of aromatic nitrogens is 3. The topological polar surface area (TPSA) is 55.1 Å². The molecule has 56 heavy (non-hydrogen) atoms. The molecule has 5 nitrogen and oxygen atoms in total. The fourth-order valence-corrected chi connectivity index (χ4v) is 8.47. The van der Waals surface area contributed by atoms with Crippen LogP contribution in [0.15, 0.2) is 199 Å². The summed E-state index contributed by atoms with van der Waals surface area (Å²) in [5.41, 5.74) is 12.5. The molecule has 0 saturated carbocycles. The average molecular weight is 719 g/mol. The molecule has 0 fully saturated rings. The predicted molar refractivity (Wildman–Crippen MR) is 228 cm³/mol. The maximum Gasteiger partial charge on any atom is 0.164 e. The molecule has 7 aromatic carbocycles. The molecule has 2 aliphatic rings. The molecule has 9 aromatic rings. The highest BCUT2D eigenvalue weighted by Crippen LogP contribution is 2.49. The van der Waals surface area contributed by atoms with E-state index >= 15 is 0 Å². The Hall–Kier alpha value is -7.37. The largest absolute Gasteiger partial charge is 0.455 e. The van der Waals surface area contributed by atoms with Gasteiger partial charge in [-0.3, -0.25) is 0 Å². The Kier molecular flexibility index (Phi) is 7.56. The molecule has 5 heteroatoms. The van der Waals surface area contributed by atoms with Gasteiger partial charge in [-0.1, -0.05) is 152 Å². The Balaban J connectivity index is 1.12.